The Kier molecular flexibility index (Phi) is 2.11. The first kappa shape index (κ1) is 10.8. The fourth-order valence-electron chi connectivity index (χ4n) is 2.71. The zero-order valence-electron chi connectivity index (χ0n) is 7.44. The summed E-state index contributed by atoms with van der Waals surface area (Å²) >= 11 is 0. The highest BCUT2D eigenvalue weighted by atomic mass is 19.4. The van der Waals surface area contributed by atoms with Gasteiger partial charge in [-0.05, 0) is 18.3 Å². The topological polar surface area (TPSA) is 0 Å². The van der Waals surface area contributed by atoms with Gasteiger partial charge in [0.1, 0.15) is 0 Å². The maximum atomic E-state index is 12.5. The molecule has 0 aliphatic heterocycles. The van der Waals surface area contributed by atoms with Gasteiger partial charge in [0.25, 0.3) is 0 Å². The molecule has 1 fully saturated rings. The summed E-state index contributed by atoms with van der Waals surface area (Å²) in [6, 6.07) is 0. The van der Waals surface area contributed by atoms with Crippen molar-refractivity contribution in [1.82, 2.24) is 0 Å². The molecule has 86 valence electrons. The highest BCUT2D eigenvalue weighted by Crippen LogP contribution is 2.58. The molecule has 6 heteroatoms. The van der Waals surface area contributed by atoms with Crippen LogP contribution in [0.1, 0.15) is 6.42 Å². The van der Waals surface area contributed by atoms with Crippen LogP contribution in [0.3, 0.4) is 0 Å². The summed E-state index contributed by atoms with van der Waals surface area (Å²) in [5.41, 5.74) is 0. The quantitative estimate of drug-likeness (QED) is 0.441. The van der Waals surface area contributed by atoms with Gasteiger partial charge in [-0.1, -0.05) is 12.2 Å². The lowest BCUT2D eigenvalue weighted by molar-refractivity contribution is -0.256. The summed E-state index contributed by atoms with van der Waals surface area (Å²) in [6.45, 7) is 0. The van der Waals surface area contributed by atoms with Gasteiger partial charge in [0.05, 0.1) is 11.8 Å². The Morgan fingerprint density at radius 2 is 1.07 bits per heavy atom. The summed E-state index contributed by atoms with van der Waals surface area (Å²) in [4.78, 5) is 0. The van der Waals surface area contributed by atoms with E-state index in [0.717, 1.165) is 0 Å². The zero-order chi connectivity index (χ0) is 11.4. The van der Waals surface area contributed by atoms with Gasteiger partial charge < -0.3 is 0 Å². The molecule has 0 aromatic heterocycles. The second kappa shape index (κ2) is 2.92. The molecule has 2 rings (SSSR count). The third-order valence-electron chi connectivity index (χ3n) is 3.22. The molecular formula is C9H8F6. The van der Waals surface area contributed by atoms with Crippen molar-refractivity contribution in [3.63, 3.8) is 0 Å². The van der Waals surface area contributed by atoms with Crippen LogP contribution in [0.4, 0.5) is 26.3 Å². The molecule has 2 bridgehead atoms. The molecule has 1 saturated carbocycles. The van der Waals surface area contributed by atoms with Crippen LogP contribution in [0, 0.1) is 23.7 Å². The Hall–Kier alpha value is -0.680. The van der Waals surface area contributed by atoms with Gasteiger partial charge in [0, 0.05) is 0 Å². The average molecular weight is 230 g/mol. The number of halogens is 6. The second-order valence-electron chi connectivity index (χ2n) is 4.08. The van der Waals surface area contributed by atoms with E-state index in [1.54, 1.807) is 0 Å². The third-order valence-corrected chi connectivity index (χ3v) is 3.22. The Labute approximate surface area is 82.0 Å². The Bertz CT molecular complexity index is 258. The van der Waals surface area contributed by atoms with Gasteiger partial charge in [0.2, 0.25) is 0 Å². The number of fused-ring (bicyclic) bond motifs is 2. The van der Waals surface area contributed by atoms with E-state index in [2.05, 4.69) is 0 Å². The third kappa shape index (κ3) is 1.63. The number of rotatable bonds is 0. The minimum Gasteiger partial charge on any atom is -0.171 e. The lowest BCUT2D eigenvalue weighted by Gasteiger charge is -2.31. The number of hydrogen-bond acceptors (Lipinski definition) is 0. The molecule has 0 amide bonds. The summed E-state index contributed by atoms with van der Waals surface area (Å²) in [5, 5.41) is 0. The highest BCUT2D eigenvalue weighted by molar-refractivity contribution is 5.16. The Morgan fingerprint density at radius 1 is 0.733 bits per heavy atom. The van der Waals surface area contributed by atoms with Gasteiger partial charge in [-0.25, -0.2) is 0 Å². The van der Waals surface area contributed by atoms with Crippen molar-refractivity contribution in [2.24, 2.45) is 23.7 Å². The molecule has 0 unspecified atom stereocenters. The maximum Gasteiger partial charge on any atom is 0.393 e. The van der Waals surface area contributed by atoms with Crippen LogP contribution < -0.4 is 0 Å². The Balaban J connectivity index is 2.33. The molecule has 0 saturated heterocycles. The predicted octanol–water partition coefficient (Wildman–Crippen LogP) is 3.55. The van der Waals surface area contributed by atoms with Crippen molar-refractivity contribution in [1.29, 1.82) is 0 Å². The summed E-state index contributed by atoms with van der Waals surface area (Å²) in [7, 11) is 0. The largest absolute Gasteiger partial charge is 0.393 e. The molecule has 4 atom stereocenters. The van der Waals surface area contributed by atoms with E-state index in [1.165, 1.54) is 12.2 Å². The van der Waals surface area contributed by atoms with E-state index in [0.29, 0.717) is 0 Å². The first-order valence-electron chi connectivity index (χ1n) is 4.53. The van der Waals surface area contributed by atoms with Gasteiger partial charge in [-0.2, -0.15) is 26.3 Å². The molecular weight excluding hydrogens is 222 g/mol. The van der Waals surface area contributed by atoms with Crippen molar-refractivity contribution >= 4 is 0 Å². The fourth-order valence-corrected chi connectivity index (χ4v) is 2.71. The summed E-state index contributed by atoms with van der Waals surface area (Å²) in [5.74, 6) is -6.46. The van der Waals surface area contributed by atoms with Crippen LogP contribution in [-0.2, 0) is 0 Å². The Morgan fingerprint density at radius 3 is 1.33 bits per heavy atom. The first-order valence-corrected chi connectivity index (χ1v) is 4.53. The molecule has 0 spiro atoms. The monoisotopic (exact) mass is 230 g/mol. The first-order chi connectivity index (χ1) is 6.71. The summed E-state index contributed by atoms with van der Waals surface area (Å²) < 4.78 is 74.8. The van der Waals surface area contributed by atoms with Crippen molar-refractivity contribution < 1.29 is 26.3 Å². The normalized spacial score (nSPS) is 40.1. The highest BCUT2D eigenvalue weighted by Gasteiger charge is 2.65. The molecule has 2 aliphatic carbocycles. The van der Waals surface area contributed by atoms with Crippen LogP contribution in [0.25, 0.3) is 0 Å². The van der Waals surface area contributed by atoms with E-state index in [-0.39, 0.29) is 6.42 Å². The predicted molar refractivity (Wildman–Crippen MR) is 39.8 cm³/mol. The van der Waals surface area contributed by atoms with Crippen LogP contribution in [0.15, 0.2) is 12.2 Å². The minimum atomic E-state index is -4.76. The average Bonchev–Trinajstić information content (AvgIpc) is 2.56. The van der Waals surface area contributed by atoms with Crippen LogP contribution >= 0.6 is 0 Å². The number of hydrogen-bond donors (Lipinski definition) is 0. The van der Waals surface area contributed by atoms with Crippen molar-refractivity contribution in [3.8, 4) is 0 Å². The van der Waals surface area contributed by atoms with Crippen LogP contribution in [0.5, 0.6) is 0 Å². The van der Waals surface area contributed by atoms with E-state index in [1.807, 2.05) is 0 Å². The van der Waals surface area contributed by atoms with Crippen molar-refractivity contribution in [3.05, 3.63) is 12.2 Å². The molecule has 0 nitrogen and oxygen atoms in total. The molecule has 0 N–H and O–H groups in total. The molecule has 0 aromatic carbocycles. The van der Waals surface area contributed by atoms with Crippen molar-refractivity contribution in [2.75, 3.05) is 0 Å². The van der Waals surface area contributed by atoms with Crippen molar-refractivity contribution in [2.45, 2.75) is 18.8 Å². The lowest BCUT2D eigenvalue weighted by Crippen LogP contribution is -2.41. The van der Waals surface area contributed by atoms with E-state index < -0.39 is 36.0 Å². The second-order valence-corrected chi connectivity index (χ2v) is 4.08. The zero-order valence-corrected chi connectivity index (χ0v) is 7.44. The molecule has 15 heavy (non-hydrogen) atoms. The van der Waals surface area contributed by atoms with E-state index >= 15 is 0 Å². The maximum absolute atomic E-state index is 12.5. The number of alkyl halides is 6. The fraction of sp³-hybridized carbons (Fsp3) is 0.778. The minimum absolute atomic E-state index is 0.0195. The molecule has 0 aromatic rings. The molecule has 2 aliphatic rings. The standard InChI is InChI=1S/C9H8F6/c10-8(11,12)6-4-1-2-5(3-4)7(6)9(13,14)15/h1-2,4-7H,3H2/t4-,5+,6-,7+. The van der Waals surface area contributed by atoms with Crippen LogP contribution in [-0.4, -0.2) is 12.4 Å². The van der Waals surface area contributed by atoms with E-state index in [9.17, 15) is 26.3 Å². The molecule has 0 heterocycles. The lowest BCUT2D eigenvalue weighted by atomic mass is 9.82. The SMILES string of the molecule is FC(F)(F)[C@@H]1[C@H](C(F)(F)F)[C@@H]2C=C[C@H]1C2. The van der Waals surface area contributed by atoms with Gasteiger partial charge in [-0.3, -0.25) is 0 Å². The van der Waals surface area contributed by atoms with Gasteiger partial charge in [0.15, 0.2) is 0 Å². The van der Waals surface area contributed by atoms with Gasteiger partial charge >= 0.3 is 12.4 Å². The number of allylic oxidation sites excluding steroid dienone is 2. The van der Waals surface area contributed by atoms with Gasteiger partial charge in [-0.15, -0.1) is 0 Å². The summed E-state index contributed by atoms with van der Waals surface area (Å²) in [6.07, 6.45) is -7.00. The van der Waals surface area contributed by atoms with Crippen LogP contribution in [0.2, 0.25) is 0 Å². The van der Waals surface area contributed by atoms with E-state index in [4.69, 9.17) is 0 Å². The molecule has 0 radical (unpaired) electrons. The smallest absolute Gasteiger partial charge is 0.171 e.